The van der Waals surface area contributed by atoms with E-state index in [4.69, 9.17) is 0 Å². The van der Waals surface area contributed by atoms with Gasteiger partial charge in [0.2, 0.25) is 5.91 Å². The summed E-state index contributed by atoms with van der Waals surface area (Å²) in [7, 11) is 1.42. The van der Waals surface area contributed by atoms with Gasteiger partial charge < -0.3 is 10.6 Å². The van der Waals surface area contributed by atoms with E-state index in [1.807, 2.05) is 0 Å². The molecule has 126 valence electrons. The average Bonchev–Trinajstić information content (AvgIpc) is 2.79. The van der Waals surface area contributed by atoms with Gasteiger partial charge >= 0.3 is 0 Å². The van der Waals surface area contributed by atoms with Crippen molar-refractivity contribution >= 4 is 35.0 Å². The molecule has 0 atom stereocenters. The zero-order valence-electron chi connectivity index (χ0n) is 13.6. The molecular formula is C18H15N3O4. The number of carbonyl (C=O) groups excluding carboxylic acids is 4. The third kappa shape index (κ3) is 3.12. The van der Waals surface area contributed by atoms with Crippen LogP contribution in [-0.2, 0) is 4.79 Å². The highest BCUT2D eigenvalue weighted by atomic mass is 16.2. The normalized spacial score (nSPS) is 12.8. The Morgan fingerprint density at radius 2 is 1.44 bits per heavy atom. The summed E-state index contributed by atoms with van der Waals surface area (Å²) in [6, 6.07) is 11.0. The van der Waals surface area contributed by atoms with E-state index in [2.05, 4.69) is 10.6 Å². The van der Waals surface area contributed by atoms with Gasteiger partial charge in [-0.1, -0.05) is 0 Å². The van der Waals surface area contributed by atoms with Crippen molar-refractivity contribution in [1.29, 1.82) is 0 Å². The van der Waals surface area contributed by atoms with Gasteiger partial charge in [0.1, 0.15) is 0 Å². The third-order valence-corrected chi connectivity index (χ3v) is 3.81. The van der Waals surface area contributed by atoms with Gasteiger partial charge in [0.25, 0.3) is 17.7 Å². The molecule has 0 bridgehead atoms. The molecular weight excluding hydrogens is 322 g/mol. The summed E-state index contributed by atoms with van der Waals surface area (Å²) in [5, 5.41) is 5.31. The number of amides is 4. The lowest BCUT2D eigenvalue weighted by molar-refractivity contribution is -0.114. The first-order valence-corrected chi connectivity index (χ1v) is 7.52. The topological polar surface area (TPSA) is 95.6 Å². The molecule has 0 aliphatic carbocycles. The molecule has 1 aliphatic rings. The van der Waals surface area contributed by atoms with Crippen molar-refractivity contribution < 1.29 is 19.2 Å². The average molecular weight is 337 g/mol. The second-order valence-corrected chi connectivity index (χ2v) is 5.64. The Hall–Kier alpha value is -3.48. The minimum atomic E-state index is -0.393. The summed E-state index contributed by atoms with van der Waals surface area (Å²) < 4.78 is 0. The minimum Gasteiger partial charge on any atom is -0.326 e. The van der Waals surface area contributed by atoms with E-state index in [1.54, 1.807) is 30.3 Å². The van der Waals surface area contributed by atoms with Gasteiger partial charge in [-0.25, -0.2) is 0 Å². The standard InChI is InChI=1S/C18H15N3O4/c1-10(22)19-12-5-3-11(4-6-12)16(23)20-13-7-8-14-15(9-13)18(25)21(2)17(14)24/h3-9H,1-2H3,(H,19,22)(H,20,23). The highest BCUT2D eigenvalue weighted by Gasteiger charge is 2.32. The molecule has 0 saturated carbocycles. The van der Waals surface area contributed by atoms with Crippen molar-refractivity contribution in [2.45, 2.75) is 6.92 Å². The molecule has 2 N–H and O–H groups in total. The Labute approximate surface area is 143 Å². The number of fused-ring (bicyclic) bond motifs is 1. The molecule has 0 fully saturated rings. The lowest BCUT2D eigenvalue weighted by Gasteiger charge is -2.07. The van der Waals surface area contributed by atoms with E-state index >= 15 is 0 Å². The van der Waals surface area contributed by atoms with Crippen LogP contribution in [0.1, 0.15) is 38.0 Å². The zero-order valence-corrected chi connectivity index (χ0v) is 13.6. The van der Waals surface area contributed by atoms with Crippen LogP contribution in [0.5, 0.6) is 0 Å². The van der Waals surface area contributed by atoms with Gasteiger partial charge in [-0.05, 0) is 42.5 Å². The van der Waals surface area contributed by atoms with Gasteiger partial charge in [0, 0.05) is 30.9 Å². The SMILES string of the molecule is CC(=O)Nc1ccc(C(=O)Nc2ccc3c(c2)C(=O)N(C)C3=O)cc1. The van der Waals surface area contributed by atoms with Crippen LogP contribution in [0, 0.1) is 0 Å². The molecule has 2 aromatic carbocycles. The van der Waals surface area contributed by atoms with Crippen molar-refractivity contribution in [3.63, 3.8) is 0 Å². The van der Waals surface area contributed by atoms with Gasteiger partial charge in [-0.15, -0.1) is 0 Å². The van der Waals surface area contributed by atoms with Gasteiger partial charge in [-0.2, -0.15) is 0 Å². The second-order valence-electron chi connectivity index (χ2n) is 5.64. The molecule has 0 aromatic heterocycles. The number of carbonyl (C=O) groups is 4. The van der Waals surface area contributed by atoms with Crippen LogP contribution in [0.4, 0.5) is 11.4 Å². The highest BCUT2D eigenvalue weighted by molar-refractivity contribution is 6.21. The van der Waals surface area contributed by atoms with E-state index in [0.717, 1.165) is 4.90 Å². The van der Waals surface area contributed by atoms with E-state index in [0.29, 0.717) is 22.5 Å². The molecule has 7 nitrogen and oxygen atoms in total. The number of nitrogens with zero attached hydrogens (tertiary/aromatic N) is 1. The summed E-state index contributed by atoms with van der Waals surface area (Å²) in [5.74, 6) is -1.30. The molecule has 25 heavy (non-hydrogen) atoms. The van der Waals surface area contributed by atoms with Crippen LogP contribution in [0.25, 0.3) is 0 Å². The first kappa shape index (κ1) is 16.4. The summed E-state index contributed by atoms with van der Waals surface area (Å²) >= 11 is 0. The number of anilines is 2. The van der Waals surface area contributed by atoms with E-state index in [-0.39, 0.29) is 23.3 Å². The van der Waals surface area contributed by atoms with Crippen LogP contribution >= 0.6 is 0 Å². The molecule has 0 spiro atoms. The van der Waals surface area contributed by atoms with Crippen LogP contribution < -0.4 is 10.6 Å². The predicted octanol–water partition coefficient (Wildman–Crippen LogP) is 2.12. The number of benzene rings is 2. The predicted molar refractivity (Wildman–Crippen MR) is 91.6 cm³/mol. The van der Waals surface area contributed by atoms with Crippen LogP contribution in [-0.4, -0.2) is 35.6 Å². The maximum Gasteiger partial charge on any atom is 0.261 e. The summed E-state index contributed by atoms with van der Waals surface area (Å²) in [6.45, 7) is 1.40. The molecule has 2 aromatic rings. The van der Waals surface area contributed by atoms with Gasteiger partial charge in [0.05, 0.1) is 11.1 Å². The third-order valence-electron chi connectivity index (χ3n) is 3.81. The Morgan fingerprint density at radius 1 is 0.840 bits per heavy atom. The van der Waals surface area contributed by atoms with Crippen LogP contribution in [0.3, 0.4) is 0 Å². The second kappa shape index (κ2) is 6.20. The van der Waals surface area contributed by atoms with E-state index in [9.17, 15) is 19.2 Å². The monoisotopic (exact) mass is 337 g/mol. The van der Waals surface area contributed by atoms with Crippen molar-refractivity contribution in [1.82, 2.24) is 4.90 Å². The first-order valence-electron chi connectivity index (χ1n) is 7.52. The Balaban J connectivity index is 1.77. The van der Waals surface area contributed by atoms with Crippen LogP contribution in [0.15, 0.2) is 42.5 Å². The lowest BCUT2D eigenvalue weighted by Crippen LogP contribution is -2.24. The van der Waals surface area contributed by atoms with Crippen molar-refractivity contribution in [3.8, 4) is 0 Å². The van der Waals surface area contributed by atoms with Crippen molar-refractivity contribution in [2.24, 2.45) is 0 Å². The molecule has 1 heterocycles. The number of hydrogen-bond donors (Lipinski definition) is 2. The largest absolute Gasteiger partial charge is 0.326 e. The van der Waals surface area contributed by atoms with Crippen LogP contribution in [0.2, 0.25) is 0 Å². The number of hydrogen-bond acceptors (Lipinski definition) is 4. The number of rotatable bonds is 3. The summed E-state index contributed by atoms with van der Waals surface area (Å²) in [5.41, 5.74) is 2.01. The van der Waals surface area contributed by atoms with Gasteiger partial charge in [-0.3, -0.25) is 24.1 Å². The van der Waals surface area contributed by atoms with E-state index in [1.165, 1.54) is 26.1 Å². The molecule has 4 amide bonds. The van der Waals surface area contributed by atoms with Crippen molar-refractivity contribution in [3.05, 3.63) is 59.2 Å². The Kier molecular flexibility index (Phi) is 4.06. The van der Waals surface area contributed by atoms with E-state index < -0.39 is 5.91 Å². The van der Waals surface area contributed by atoms with Crippen molar-refractivity contribution in [2.75, 3.05) is 17.7 Å². The highest BCUT2D eigenvalue weighted by Crippen LogP contribution is 2.25. The molecule has 0 unspecified atom stereocenters. The molecule has 0 radical (unpaired) electrons. The smallest absolute Gasteiger partial charge is 0.261 e. The maximum atomic E-state index is 12.3. The first-order chi connectivity index (χ1) is 11.9. The molecule has 7 heteroatoms. The number of nitrogens with one attached hydrogen (secondary N) is 2. The fraction of sp³-hybridized carbons (Fsp3) is 0.111. The summed E-state index contributed by atoms with van der Waals surface area (Å²) in [6.07, 6.45) is 0. The zero-order chi connectivity index (χ0) is 18.1. The molecule has 3 rings (SSSR count). The fourth-order valence-electron chi connectivity index (χ4n) is 2.55. The quantitative estimate of drug-likeness (QED) is 0.839. The maximum absolute atomic E-state index is 12.3. The molecule has 0 saturated heterocycles. The minimum absolute atomic E-state index is 0.195. The lowest BCUT2D eigenvalue weighted by atomic mass is 10.1. The Bertz CT molecular complexity index is 903. The fourth-order valence-corrected chi connectivity index (χ4v) is 2.55. The van der Waals surface area contributed by atoms with Gasteiger partial charge in [0.15, 0.2) is 0 Å². The summed E-state index contributed by atoms with van der Waals surface area (Å²) in [4.78, 5) is 48.2. The molecule has 1 aliphatic heterocycles. The Morgan fingerprint density at radius 3 is 2.08 bits per heavy atom. The number of imide groups is 1.